The first-order chi connectivity index (χ1) is 7.71. The van der Waals surface area contributed by atoms with E-state index in [9.17, 15) is 21.6 Å². The van der Waals surface area contributed by atoms with E-state index in [1.165, 1.54) is 0 Å². The van der Waals surface area contributed by atoms with Crippen LogP contribution in [0, 0.1) is 17.8 Å². The van der Waals surface area contributed by atoms with Crippen LogP contribution in [0.15, 0.2) is 11.1 Å². The molecule has 1 N–H and O–H groups in total. The highest BCUT2D eigenvalue weighted by molar-refractivity contribution is 7.90. The van der Waals surface area contributed by atoms with Crippen molar-refractivity contribution < 1.29 is 21.6 Å². The molecule has 2 aliphatic rings. The van der Waals surface area contributed by atoms with E-state index in [4.69, 9.17) is 11.6 Å². The topological polar surface area (TPSA) is 46.2 Å². The van der Waals surface area contributed by atoms with Gasteiger partial charge in [0.25, 0.3) is 0 Å². The Morgan fingerprint density at radius 1 is 1.41 bits per heavy atom. The molecule has 0 aromatic heterocycles. The van der Waals surface area contributed by atoms with E-state index in [-0.39, 0.29) is 24.3 Å². The van der Waals surface area contributed by atoms with E-state index in [1.54, 1.807) is 4.72 Å². The summed E-state index contributed by atoms with van der Waals surface area (Å²) in [5.74, 6) is 0.167. The van der Waals surface area contributed by atoms with Gasteiger partial charge in [-0.15, -0.1) is 0 Å². The van der Waals surface area contributed by atoms with Crippen LogP contribution in [0.3, 0.4) is 0 Å². The van der Waals surface area contributed by atoms with Crippen molar-refractivity contribution in [1.82, 2.24) is 4.72 Å². The van der Waals surface area contributed by atoms with Gasteiger partial charge in [0.2, 0.25) is 0 Å². The highest BCUT2D eigenvalue weighted by Gasteiger charge is 2.47. The van der Waals surface area contributed by atoms with Gasteiger partial charge < -0.3 is 0 Å². The second-order valence-electron chi connectivity index (χ2n) is 4.45. The van der Waals surface area contributed by atoms with E-state index in [1.807, 2.05) is 6.08 Å². The first-order valence-electron chi connectivity index (χ1n) is 5.14. The summed E-state index contributed by atoms with van der Waals surface area (Å²) in [7, 11) is -5.23. The Morgan fingerprint density at radius 3 is 2.53 bits per heavy atom. The molecular weight excluding hydrogens is 279 g/mol. The summed E-state index contributed by atoms with van der Waals surface area (Å²) in [4.78, 5) is 0. The van der Waals surface area contributed by atoms with Gasteiger partial charge in [-0.3, -0.25) is 0 Å². The summed E-state index contributed by atoms with van der Waals surface area (Å²) in [6, 6.07) is 0. The van der Waals surface area contributed by atoms with Gasteiger partial charge in [-0.1, -0.05) is 17.7 Å². The lowest BCUT2D eigenvalue weighted by molar-refractivity contribution is -0.0448. The van der Waals surface area contributed by atoms with E-state index in [0.29, 0.717) is 11.5 Å². The molecule has 3 unspecified atom stereocenters. The number of sulfonamides is 1. The maximum Gasteiger partial charge on any atom is 0.511 e. The Balaban J connectivity index is 1.95. The van der Waals surface area contributed by atoms with Gasteiger partial charge in [0.05, 0.1) is 0 Å². The number of alkyl halides is 3. The molecule has 1 fully saturated rings. The van der Waals surface area contributed by atoms with Crippen LogP contribution in [0.4, 0.5) is 13.2 Å². The monoisotopic (exact) mass is 289 g/mol. The predicted molar refractivity (Wildman–Crippen MR) is 56.6 cm³/mol. The van der Waals surface area contributed by atoms with Crippen LogP contribution in [-0.4, -0.2) is 20.5 Å². The maximum absolute atomic E-state index is 12.1. The van der Waals surface area contributed by atoms with Crippen LogP contribution in [0.1, 0.15) is 12.8 Å². The molecule has 2 rings (SSSR count). The molecule has 0 radical (unpaired) electrons. The normalized spacial score (nSPS) is 32.9. The fourth-order valence-electron chi connectivity index (χ4n) is 2.51. The number of rotatable bonds is 3. The number of fused-ring (bicyclic) bond motifs is 2. The molecule has 0 heterocycles. The molecule has 17 heavy (non-hydrogen) atoms. The van der Waals surface area contributed by atoms with Crippen LogP contribution in [-0.2, 0) is 10.0 Å². The summed E-state index contributed by atoms with van der Waals surface area (Å²) in [6.45, 7) is -0.201. The Bertz CT molecular complexity index is 446. The van der Waals surface area contributed by atoms with Crippen molar-refractivity contribution in [2.75, 3.05) is 6.54 Å². The van der Waals surface area contributed by atoms with Gasteiger partial charge in [-0.25, -0.2) is 13.1 Å². The number of allylic oxidation sites excluding steroid dienone is 2. The van der Waals surface area contributed by atoms with Gasteiger partial charge in [-0.05, 0) is 30.6 Å². The minimum atomic E-state index is -5.25. The molecule has 8 heteroatoms. The van der Waals surface area contributed by atoms with Crippen molar-refractivity contribution in [2.45, 2.75) is 18.3 Å². The smallest absolute Gasteiger partial charge is 0.207 e. The largest absolute Gasteiger partial charge is 0.511 e. The lowest BCUT2D eigenvalue weighted by atomic mass is 9.94. The highest BCUT2D eigenvalue weighted by Crippen LogP contribution is 2.48. The first kappa shape index (κ1) is 13.2. The number of hydrogen-bond acceptors (Lipinski definition) is 2. The molecule has 0 aromatic carbocycles. The van der Waals surface area contributed by atoms with Crippen molar-refractivity contribution in [3.63, 3.8) is 0 Å². The van der Waals surface area contributed by atoms with E-state index in [0.717, 1.165) is 6.42 Å². The predicted octanol–water partition coefficient (Wildman–Crippen LogP) is 2.20. The van der Waals surface area contributed by atoms with Crippen LogP contribution < -0.4 is 4.72 Å². The van der Waals surface area contributed by atoms with Crippen molar-refractivity contribution >= 4 is 21.6 Å². The van der Waals surface area contributed by atoms with Crippen LogP contribution >= 0.6 is 11.6 Å². The summed E-state index contributed by atoms with van der Waals surface area (Å²) < 4.78 is 59.5. The second-order valence-corrected chi connectivity index (χ2v) is 6.64. The number of hydrogen-bond donors (Lipinski definition) is 1. The highest BCUT2D eigenvalue weighted by atomic mass is 35.5. The minimum Gasteiger partial charge on any atom is -0.207 e. The van der Waals surface area contributed by atoms with Gasteiger partial charge in [0.1, 0.15) is 0 Å². The standard InChI is InChI=1S/C9H11ClF3NO2S/c10-8-3-5-1-6(7(8)2-5)4-14-17(15,16)9(11,12)13/h3,5-7,14H,1-2,4H2. The number of halogens is 4. The molecule has 0 amide bonds. The fourth-order valence-corrected chi connectivity index (χ4v) is 3.56. The zero-order valence-corrected chi connectivity index (χ0v) is 10.2. The summed E-state index contributed by atoms with van der Waals surface area (Å²) in [6.07, 6.45) is 3.42. The van der Waals surface area contributed by atoms with E-state index in [2.05, 4.69) is 0 Å². The fraction of sp³-hybridized carbons (Fsp3) is 0.778. The first-order valence-corrected chi connectivity index (χ1v) is 7.00. The Labute approximate surface area is 102 Å². The van der Waals surface area contributed by atoms with Gasteiger partial charge in [-0.2, -0.15) is 13.2 Å². The molecule has 0 aromatic rings. The molecule has 98 valence electrons. The summed E-state index contributed by atoms with van der Waals surface area (Å²) in [5, 5.41) is 0.650. The molecule has 2 bridgehead atoms. The van der Waals surface area contributed by atoms with Crippen LogP contribution in [0.2, 0.25) is 0 Å². The average molecular weight is 290 g/mol. The van der Waals surface area contributed by atoms with Crippen LogP contribution in [0.25, 0.3) is 0 Å². The van der Waals surface area contributed by atoms with Crippen molar-refractivity contribution in [3.8, 4) is 0 Å². The second kappa shape index (κ2) is 4.13. The lowest BCUT2D eigenvalue weighted by Crippen LogP contribution is -2.39. The van der Waals surface area contributed by atoms with Gasteiger partial charge >= 0.3 is 15.5 Å². The SMILES string of the molecule is O=S(=O)(NCC1CC2C=C(Cl)C1C2)C(F)(F)F. The lowest BCUT2D eigenvalue weighted by Gasteiger charge is -2.21. The Kier molecular flexibility index (Phi) is 3.20. The van der Waals surface area contributed by atoms with E-state index >= 15 is 0 Å². The maximum atomic E-state index is 12.1. The molecule has 3 nitrogen and oxygen atoms in total. The average Bonchev–Trinajstić information content (AvgIpc) is 2.71. The molecule has 1 saturated carbocycles. The quantitative estimate of drug-likeness (QED) is 0.866. The third kappa shape index (κ3) is 2.46. The number of nitrogens with one attached hydrogen (secondary N) is 1. The Morgan fingerprint density at radius 2 is 2.06 bits per heavy atom. The third-order valence-corrected chi connectivity index (χ3v) is 4.88. The molecule has 0 aliphatic heterocycles. The van der Waals surface area contributed by atoms with Gasteiger partial charge in [0.15, 0.2) is 0 Å². The molecule has 0 saturated heterocycles. The van der Waals surface area contributed by atoms with Crippen molar-refractivity contribution in [2.24, 2.45) is 17.8 Å². The Hall–Kier alpha value is -0.270. The summed E-state index contributed by atoms with van der Waals surface area (Å²) >= 11 is 5.91. The minimum absolute atomic E-state index is 0.0117. The summed E-state index contributed by atoms with van der Waals surface area (Å²) in [5.41, 5.74) is -5.25. The molecular formula is C9H11ClF3NO2S. The van der Waals surface area contributed by atoms with Crippen molar-refractivity contribution in [1.29, 1.82) is 0 Å². The van der Waals surface area contributed by atoms with Gasteiger partial charge in [0, 0.05) is 11.6 Å². The van der Waals surface area contributed by atoms with E-state index < -0.39 is 15.5 Å². The molecule has 2 aliphatic carbocycles. The molecule has 3 atom stereocenters. The molecule has 0 spiro atoms. The van der Waals surface area contributed by atoms with Crippen molar-refractivity contribution in [3.05, 3.63) is 11.1 Å². The van der Waals surface area contributed by atoms with Crippen LogP contribution in [0.5, 0.6) is 0 Å². The zero-order valence-electron chi connectivity index (χ0n) is 8.67. The zero-order chi connectivity index (χ0) is 12.8. The third-order valence-electron chi connectivity index (χ3n) is 3.32.